The topological polar surface area (TPSA) is 70.5 Å². The number of hydrogen-bond acceptors (Lipinski definition) is 3. The molecular formula is C28H28Cl2N2O3. The molecule has 1 N–H and O–H groups in total. The smallest absolute Gasteiger partial charge is 0.304 e. The normalized spacial score (nSPS) is 23.2. The maximum atomic E-state index is 14.2. The number of rotatable bonds is 7. The molecule has 7 heteroatoms. The van der Waals surface area contributed by atoms with E-state index in [0.29, 0.717) is 22.9 Å². The van der Waals surface area contributed by atoms with Crippen LogP contribution in [0.3, 0.4) is 0 Å². The molecule has 1 fully saturated rings. The van der Waals surface area contributed by atoms with E-state index in [1.807, 2.05) is 78.6 Å². The number of benzene rings is 2. The zero-order valence-electron chi connectivity index (χ0n) is 19.7. The number of aliphatic carboxylic acids is 1. The molecule has 35 heavy (non-hydrogen) atoms. The predicted molar refractivity (Wildman–Crippen MR) is 137 cm³/mol. The monoisotopic (exact) mass is 510 g/mol. The number of amides is 1. The van der Waals surface area contributed by atoms with E-state index < -0.39 is 11.4 Å². The van der Waals surface area contributed by atoms with Gasteiger partial charge in [0.15, 0.2) is 0 Å². The summed E-state index contributed by atoms with van der Waals surface area (Å²) in [6.07, 6.45) is 2.46. The van der Waals surface area contributed by atoms with Crippen molar-refractivity contribution >= 4 is 35.1 Å². The van der Waals surface area contributed by atoms with Gasteiger partial charge in [0, 0.05) is 22.2 Å². The second kappa shape index (κ2) is 10.4. The molecule has 0 bridgehead atoms. The molecule has 4 rings (SSSR count). The minimum atomic E-state index is -1.09. The minimum Gasteiger partial charge on any atom is -0.481 e. The molecule has 3 aromatic rings. The second-order valence-electron chi connectivity index (χ2n) is 9.38. The Morgan fingerprint density at radius 3 is 2.43 bits per heavy atom. The van der Waals surface area contributed by atoms with Gasteiger partial charge < -0.3 is 10.0 Å². The number of carbonyl (C=O) groups excluding carboxylic acids is 1. The van der Waals surface area contributed by atoms with E-state index in [9.17, 15) is 14.7 Å². The van der Waals surface area contributed by atoms with E-state index in [-0.39, 0.29) is 30.3 Å². The summed E-state index contributed by atoms with van der Waals surface area (Å²) in [5.74, 6) is -1.37. The van der Waals surface area contributed by atoms with Crippen LogP contribution < -0.4 is 0 Å². The van der Waals surface area contributed by atoms with Crippen LogP contribution in [0.15, 0.2) is 72.9 Å². The summed E-state index contributed by atoms with van der Waals surface area (Å²) < 4.78 is 0. The highest BCUT2D eigenvalue weighted by molar-refractivity contribution is 6.30. The highest BCUT2D eigenvalue weighted by atomic mass is 35.5. The fraction of sp³-hybridized carbons (Fsp3) is 0.321. The highest BCUT2D eigenvalue weighted by Crippen LogP contribution is 2.54. The lowest BCUT2D eigenvalue weighted by atomic mass is 9.67. The lowest BCUT2D eigenvalue weighted by Crippen LogP contribution is -2.53. The van der Waals surface area contributed by atoms with E-state index >= 15 is 0 Å². The average Bonchev–Trinajstić information content (AvgIpc) is 2.83. The minimum absolute atomic E-state index is 0.185. The Morgan fingerprint density at radius 1 is 1.09 bits per heavy atom. The van der Waals surface area contributed by atoms with Crippen molar-refractivity contribution in [1.82, 2.24) is 9.88 Å². The molecular weight excluding hydrogens is 483 g/mol. The number of carboxylic acids is 1. The standard InChI is InChI=1S/C28H28Cl2N2O3/c1-3-24(23-9-4-5-14-31-23)32-26(18-10-12-20(29)13-11-18)22(19-7-6-8-21(30)15-19)16-28(2,27(32)35)17-25(33)34/h4-15,22,24,26H,3,16-17H2,1-2H3,(H,33,34)/t22-,24+,26-,28+/m1/s1. The summed E-state index contributed by atoms with van der Waals surface area (Å²) in [5, 5.41) is 10.9. The summed E-state index contributed by atoms with van der Waals surface area (Å²) in [4.78, 5) is 32.6. The molecule has 0 radical (unpaired) electrons. The van der Waals surface area contributed by atoms with Crippen LogP contribution in [-0.2, 0) is 9.59 Å². The largest absolute Gasteiger partial charge is 0.481 e. The van der Waals surface area contributed by atoms with Crippen LogP contribution in [0.25, 0.3) is 0 Å². The van der Waals surface area contributed by atoms with Gasteiger partial charge in [-0.1, -0.05) is 67.4 Å². The molecule has 0 spiro atoms. The van der Waals surface area contributed by atoms with Crippen molar-refractivity contribution in [1.29, 1.82) is 0 Å². The quantitative estimate of drug-likeness (QED) is 0.368. The van der Waals surface area contributed by atoms with Crippen LogP contribution in [-0.4, -0.2) is 26.9 Å². The van der Waals surface area contributed by atoms with Crippen LogP contribution >= 0.6 is 23.2 Å². The molecule has 0 saturated carbocycles. The van der Waals surface area contributed by atoms with Crippen molar-refractivity contribution in [3.05, 3.63) is 99.8 Å². The number of nitrogens with zero attached hydrogens (tertiary/aromatic N) is 2. The number of aromatic nitrogens is 1. The van der Waals surface area contributed by atoms with E-state index in [0.717, 1.165) is 16.8 Å². The first-order valence-electron chi connectivity index (χ1n) is 11.7. The van der Waals surface area contributed by atoms with Crippen molar-refractivity contribution in [3.63, 3.8) is 0 Å². The molecule has 0 aliphatic carbocycles. The van der Waals surface area contributed by atoms with Crippen LogP contribution in [0.4, 0.5) is 0 Å². The first-order valence-corrected chi connectivity index (χ1v) is 12.5. The first kappa shape index (κ1) is 25.2. The zero-order valence-corrected chi connectivity index (χ0v) is 21.2. The molecule has 1 saturated heterocycles. The Balaban J connectivity index is 1.95. The van der Waals surface area contributed by atoms with Crippen molar-refractivity contribution < 1.29 is 14.7 Å². The molecule has 1 amide bonds. The van der Waals surface area contributed by atoms with Gasteiger partial charge in [0.25, 0.3) is 0 Å². The third-order valence-electron chi connectivity index (χ3n) is 6.88. The number of carboxylic acid groups (broad SMARTS) is 1. The Hall–Kier alpha value is -2.89. The number of piperidine rings is 1. The number of carbonyl (C=O) groups is 2. The van der Waals surface area contributed by atoms with Gasteiger partial charge in [-0.25, -0.2) is 0 Å². The van der Waals surface area contributed by atoms with E-state index in [4.69, 9.17) is 23.2 Å². The molecule has 2 aromatic carbocycles. The molecule has 5 nitrogen and oxygen atoms in total. The zero-order chi connectivity index (χ0) is 25.2. The van der Waals surface area contributed by atoms with E-state index in [1.165, 1.54) is 0 Å². The summed E-state index contributed by atoms with van der Waals surface area (Å²) in [5.41, 5.74) is 1.57. The number of halogens is 2. The Kier molecular flexibility index (Phi) is 7.48. The molecule has 1 aromatic heterocycles. The Morgan fingerprint density at radius 2 is 1.83 bits per heavy atom. The van der Waals surface area contributed by atoms with Gasteiger partial charge in [-0.05, 0) is 60.4 Å². The van der Waals surface area contributed by atoms with Gasteiger partial charge in [-0.3, -0.25) is 14.6 Å². The van der Waals surface area contributed by atoms with E-state index in [1.54, 1.807) is 13.1 Å². The fourth-order valence-corrected chi connectivity index (χ4v) is 5.67. The molecule has 182 valence electrons. The average molecular weight is 511 g/mol. The second-order valence-corrected chi connectivity index (χ2v) is 10.3. The first-order chi connectivity index (χ1) is 16.7. The lowest BCUT2D eigenvalue weighted by Gasteiger charge is -2.51. The summed E-state index contributed by atoms with van der Waals surface area (Å²) in [6, 6.07) is 20.1. The number of hydrogen-bond donors (Lipinski definition) is 1. The number of likely N-dealkylation sites (tertiary alicyclic amines) is 1. The number of pyridine rings is 1. The summed E-state index contributed by atoms with van der Waals surface area (Å²) in [6.45, 7) is 3.78. The molecule has 1 aliphatic heterocycles. The van der Waals surface area contributed by atoms with E-state index in [2.05, 4.69) is 4.98 Å². The van der Waals surface area contributed by atoms with Crippen molar-refractivity contribution in [2.45, 2.75) is 51.1 Å². The Labute approximate surface area is 215 Å². The molecule has 1 aliphatic rings. The molecule has 0 unspecified atom stereocenters. The predicted octanol–water partition coefficient (Wildman–Crippen LogP) is 7.08. The van der Waals surface area contributed by atoms with Crippen molar-refractivity contribution in [2.75, 3.05) is 0 Å². The van der Waals surface area contributed by atoms with Gasteiger partial charge in [0.05, 0.1) is 29.6 Å². The third kappa shape index (κ3) is 5.21. The van der Waals surface area contributed by atoms with Crippen LogP contribution in [0.1, 0.15) is 67.9 Å². The van der Waals surface area contributed by atoms with Gasteiger partial charge in [0.2, 0.25) is 5.91 Å². The van der Waals surface area contributed by atoms with Crippen molar-refractivity contribution in [2.24, 2.45) is 5.41 Å². The maximum absolute atomic E-state index is 14.2. The Bertz CT molecular complexity index is 1200. The molecule has 4 atom stereocenters. The molecule has 2 heterocycles. The fourth-order valence-electron chi connectivity index (χ4n) is 5.34. The highest BCUT2D eigenvalue weighted by Gasteiger charge is 2.52. The SMILES string of the molecule is CC[C@@H](c1ccccn1)N1C(=O)[C@](C)(CC(=O)O)C[C@H](c2cccc(Cl)c2)[C@H]1c1ccc(Cl)cc1. The van der Waals surface area contributed by atoms with Gasteiger partial charge in [-0.15, -0.1) is 0 Å². The van der Waals surface area contributed by atoms with Crippen LogP contribution in [0.2, 0.25) is 10.0 Å². The lowest BCUT2D eigenvalue weighted by molar-refractivity contribution is -0.161. The van der Waals surface area contributed by atoms with Gasteiger partial charge >= 0.3 is 5.97 Å². The van der Waals surface area contributed by atoms with Crippen LogP contribution in [0.5, 0.6) is 0 Å². The third-order valence-corrected chi connectivity index (χ3v) is 7.37. The van der Waals surface area contributed by atoms with Gasteiger partial charge in [0.1, 0.15) is 0 Å². The van der Waals surface area contributed by atoms with Crippen molar-refractivity contribution in [3.8, 4) is 0 Å². The van der Waals surface area contributed by atoms with Crippen LogP contribution in [0, 0.1) is 5.41 Å². The van der Waals surface area contributed by atoms with Gasteiger partial charge in [-0.2, -0.15) is 0 Å². The summed E-state index contributed by atoms with van der Waals surface area (Å²) in [7, 11) is 0. The summed E-state index contributed by atoms with van der Waals surface area (Å²) >= 11 is 12.6. The maximum Gasteiger partial charge on any atom is 0.304 e.